The first-order valence-corrected chi connectivity index (χ1v) is 5.73. The summed E-state index contributed by atoms with van der Waals surface area (Å²) in [5.41, 5.74) is 1.97. The zero-order valence-corrected chi connectivity index (χ0v) is 10.6. The van der Waals surface area contributed by atoms with Crippen molar-refractivity contribution in [2.24, 2.45) is 0 Å². The zero-order chi connectivity index (χ0) is 12.7. The van der Waals surface area contributed by atoms with Crippen LogP contribution in [0.3, 0.4) is 0 Å². The van der Waals surface area contributed by atoms with E-state index >= 15 is 0 Å². The molecule has 0 aliphatic heterocycles. The van der Waals surface area contributed by atoms with Gasteiger partial charge in [0.2, 0.25) is 5.91 Å². The van der Waals surface area contributed by atoms with Gasteiger partial charge in [-0.3, -0.25) is 4.79 Å². The first kappa shape index (κ1) is 13.7. The Morgan fingerprint density at radius 1 is 1.47 bits per heavy atom. The van der Waals surface area contributed by atoms with Gasteiger partial charge < -0.3 is 15.4 Å². The van der Waals surface area contributed by atoms with Crippen molar-refractivity contribution >= 4 is 11.6 Å². The lowest BCUT2D eigenvalue weighted by Gasteiger charge is -2.15. The average Bonchev–Trinajstić information content (AvgIpc) is 2.28. The van der Waals surface area contributed by atoms with E-state index in [9.17, 15) is 4.79 Å². The molecule has 0 saturated carbocycles. The summed E-state index contributed by atoms with van der Waals surface area (Å²) in [5, 5.41) is 6.12. The lowest BCUT2D eigenvalue weighted by Crippen LogP contribution is -2.22. The van der Waals surface area contributed by atoms with Crippen LogP contribution in [0.1, 0.15) is 25.5 Å². The van der Waals surface area contributed by atoms with E-state index in [-0.39, 0.29) is 11.9 Å². The van der Waals surface area contributed by atoms with Crippen LogP contribution >= 0.6 is 0 Å². The Bertz CT molecular complexity index is 366. The molecule has 0 aliphatic rings. The van der Waals surface area contributed by atoms with Crippen molar-refractivity contribution in [1.82, 2.24) is 5.32 Å². The Kier molecular flexibility index (Phi) is 5.66. The van der Waals surface area contributed by atoms with E-state index in [2.05, 4.69) is 17.6 Å². The number of benzene rings is 1. The minimum absolute atomic E-state index is 0.0536. The Morgan fingerprint density at radius 3 is 2.88 bits per heavy atom. The van der Waals surface area contributed by atoms with Gasteiger partial charge in [0.15, 0.2) is 0 Å². The molecule has 1 aromatic carbocycles. The Morgan fingerprint density at radius 2 is 2.24 bits per heavy atom. The summed E-state index contributed by atoms with van der Waals surface area (Å²) in [7, 11) is 1.68. The summed E-state index contributed by atoms with van der Waals surface area (Å²) in [6.07, 6.45) is 0. The minimum Gasteiger partial charge on any atom is -0.383 e. The van der Waals surface area contributed by atoms with Crippen molar-refractivity contribution < 1.29 is 9.53 Å². The Labute approximate surface area is 102 Å². The molecule has 0 spiro atoms. The van der Waals surface area contributed by atoms with E-state index in [1.54, 1.807) is 7.11 Å². The van der Waals surface area contributed by atoms with Gasteiger partial charge in [-0.1, -0.05) is 12.1 Å². The fourth-order valence-corrected chi connectivity index (χ4v) is 1.58. The Hall–Kier alpha value is -1.39. The summed E-state index contributed by atoms with van der Waals surface area (Å²) >= 11 is 0. The third-order valence-corrected chi connectivity index (χ3v) is 2.46. The van der Waals surface area contributed by atoms with Gasteiger partial charge in [0.1, 0.15) is 0 Å². The van der Waals surface area contributed by atoms with E-state index in [1.165, 1.54) is 6.92 Å². The van der Waals surface area contributed by atoms with E-state index in [4.69, 9.17) is 4.74 Å². The SMILES string of the molecule is COCCNC(C)c1cccc(NC(C)=O)c1. The molecule has 0 aromatic heterocycles. The molecule has 0 aliphatic carbocycles. The zero-order valence-electron chi connectivity index (χ0n) is 10.6. The van der Waals surface area contributed by atoms with E-state index < -0.39 is 0 Å². The Balaban J connectivity index is 2.60. The highest BCUT2D eigenvalue weighted by molar-refractivity contribution is 5.88. The number of amides is 1. The van der Waals surface area contributed by atoms with Gasteiger partial charge in [-0.05, 0) is 24.6 Å². The third kappa shape index (κ3) is 4.97. The van der Waals surface area contributed by atoms with Crippen LogP contribution in [0.4, 0.5) is 5.69 Å². The number of carbonyl (C=O) groups excluding carboxylic acids is 1. The van der Waals surface area contributed by atoms with Gasteiger partial charge in [0.25, 0.3) is 0 Å². The van der Waals surface area contributed by atoms with E-state index in [1.807, 2.05) is 24.3 Å². The molecule has 1 atom stereocenters. The van der Waals surface area contributed by atoms with Crippen molar-refractivity contribution in [3.8, 4) is 0 Å². The average molecular weight is 236 g/mol. The lowest BCUT2D eigenvalue weighted by atomic mass is 10.1. The molecule has 0 bridgehead atoms. The second-order valence-electron chi connectivity index (χ2n) is 3.98. The van der Waals surface area contributed by atoms with Gasteiger partial charge in [-0.2, -0.15) is 0 Å². The van der Waals surface area contributed by atoms with E-state index in [0.29, 0.717) is 6.61 Å². The molecule has 0 heterocycles. The maximum atomic E-state index is 11.0. The van der Waals surface area contributed by atoms with Crippen LogP contribution < -0.4 is 10.6 Å². The number of hydrogen-bond acceptors (Lipinski definition) is 3. The van der Waals surface area contributed by atoms with Gasteiger partial charge >= 0.3 is 0 Å². The fraction of sp³-hybridized carbons (Fsp3) is 0.462. The summed E-state index contributed by atoms with van der Waals surface area (Å²) < 4.78 is 4.98. The second kappa shape index (κ2) is 7.04. The number of hydrogen-bond donors (Lipinski definition) is 2. The van der Waals surface area contributed by atoms with Gasteiger partial charge in [-0.25, -0.2) is 0 Å². The highest BCUT2D eigenvalue weighted by atomic mass is 16.5. The lowest BCUT2D eigenvalue weighted by molar-refractivity contribution is -0.114. The fourth-order valence-electron chi connectivity index (χ4n) is 1.58. The van der Waals surface area contributed by atoms with Crippen molar-refractivity contribution in [3.63, 3.8) is 0 Å². The number of methoxy groups -OCH3 is 1. The molecule has 0 fully saturated rings. The number of anilines is 1. The van der Waals surface area contributed by atoms with Crippen molar-refractivity contribution in [2.75, 3.05) is 25.6 Å². The van der Waals surface area contributed by atoms with Crippen LogP contribution in [-0.2, 0) is 9.53 Å². The van der Waals surface area contributed by atoms with Crippen LogP contribution in [0.2, 0.25) is 0 Å². The number of rotatable bonds is 6. The maximum absolute atomic E-state index is 11.0. The van der Waals surface area contributed by atoms with Crippen molar-refractivity contribution in [2.45, 2.75) is 19.9 Å². The molecular weight excluding hydrogens is 216 g/mol. The molecule has 4 heteroatoms. The highest BCUT2D eigenvalue weighted by Crippen LogP contribution is 2.17. The van der Waals surface area contributed by atoms with Crippen LogP contribution in [0.25, 0.3) is 0 Å². The third-order valence-electron chi connectivity index (χ3n) is 2.46. The molecule has 1 amide bonds. The van der Waals surface area contributed by atoms with E-state index in [0.717, 1.165) is 17.8 Å². The molecule has 4 nitrogen and oxygen atoms in total. The minimum atomic E-state index is -0.0536. The molecule has 1 unspecified atom stereocenters. The first-order valence-electron chi connectivity index (χ1n) is 5.73. The highest BCUT2D eigenvalue weighted by Gasteiger charge is 2.05. The van der Waals surface area contributed by atoms with Crippen LogP contribution in [0.15, 0.2) is 24.3 Å². The standard InChI is InChI=1S/C13H20N2O2/c1-10(14-7-8-17-3)12-5-4-6-13(9-12)15-11(2)16/h4-6,9-10,14H,7-8H2,1-3H3,(H,15,16). The van der Waals surface area contributed by atoms with Gasteiger partial charge in [0.05, 0.1) is 6.61 Å². The molecule has 2 N–H and O–H groups in total. The number of carbonyl (C=O) groups is 1. The van der Waals surface area contributed by atoms with Crippen LogP contribution in [0, 0.1) is 0 Å². The largest absolute Gasteiger partial charge is 0.383 e. The molecule has 94 valence electrons. The van der Waals surface area contributed by atoms with Gasteiger partial charge in [0, 0.05) is 32.3 Å². The summed E-state index contributed by atoms with van der Waals surface area (Å²) in [4.78, 5) is 11.0. The van der Waals surface area contributed by atoms with Gasteiger partial charge in [-0.15, -0.1) is 0 Å². The molecule has 0 radical (unpaired) electrons. The predicted molar refractivity (Wildman–Crippen MR) is 69.0 cm³/mol. The summed E-state index contributed by atoms with van der Waals surface area (Å²) in [6.45, 7) is 5.09. The maximum Gasteiger partial charge on any atom is 0.221 e. The first-order chi connectivity index (χ1) is 8.13. The second-order valence-corrected chi connectivity index (χ2v) is 3.98. The monoisotopic (exact) mass is 236 g/mol. The molecule has 0 saturated heterocycles. The number of ether oxygens (including phenoxy) is 1. The summed E-state index contributed by atoms with van der Waals surface area (Å²) in [6, 6.07) is 8.07. The van der Waals surface area contributed by atoms with Crippen LogP contribution in [-0.4, -0.2) is 26.2 Å². The van der Waals surface area contributed by atoms with Crippen LogP contribution in [0.5, 0.6) is 0 Å². The smallest absolute Gasteiger partial charge is 0.221 e. The molecular formula is C13H20N2O2. The molecule has 17 heavy (non-hydrogen) atoms. The quantitative estimate of drug-likeness (QED) is 0.742. The predicted octanol–water partition coefficient (Wildman–Crippen LogP) is 1.94. The van der Waals surface area contributed by atoms with Crippen molar-refractivity contribution in [3.05, 3.63) is 29.8 Å². The van der Waals surface area contributed by atoms with Crippen molar-refractivity contribution in [1.29, 1.82) is 0 Å². The number of nitrogens with one attached hydrogen (secondary N) is 2. The normalized spacial score (nSPS) is 12.2. The topological polar surface area (TPSA) is 50.4 Å². The molecule has 1 aromatic rings. The molecule has 1 rings (SSSR count). The summed E-state index contributed by atoms with van der Waals surface area (Å²) in [5.74, 6) is -0.0536.